The highest BCUT2D eigenvalue weighted by Crippen LogP contribution is 2.36. The predicted octanol–water partition coefficient (Wildman–Crippen LogP) is 3.43. The summed E-state index contributed by atoms with van der Waals surface area (Å²) >= 11 is 7.29. The third-order valence-corrected chi connectivity index (χ3v) is 8.57. The molecular weight excluding hydrogens is 477 g/mol. The molecule has 3 atom stereocenters. The molecule has 1 unspecified atom stereocenters. The Labute approximate surface area is 194 Å². The second-order valence-corrected chi connectivity index (χ2v) is 10.8. The Morgan fingerprint density at radius 2 is 2.19 bits per heavy atom. The second-order valence-electron chi connectivity index (χ2n) is 7.50. The number of thiophene rings is 1. The molecule has 0 aliphatic carbocycles. The van der Waals surface area contributed by atoms with Crippen LogP contribution in [0.2, 0.25) is 5.02 Å². The Hall–Kier alpha value is -2.02. The van der Waals surface area contributed by atoms with Gasteiger partial charge in [0.1, 0.15) is 12.0 Å². The van der Waals surface area contributed by atoms with Gasteiger partial charge in [0.05, 0.1) is 23.3 Å². The van der Waals surface area contributed by atoms with Crippen molar-refractivity contribution >= 4 is 38.8 Å². The van der Waals surface area contributed by atoms with Crippen LogP contribution < -0.4 is 10.0 Å². The maximum Gasteiger partial charge on any atom is 0.280 e. The van der Waals surface area contributed by atoms with Crippen LogP contribution >= 0.6 is 22.9 Å². The fourth-order valence-electron chi connectivity index (χ4n) is 3.59. The number of hydrogen-bond acceptors (Lipinski definition) is 6. The van der Waals surface area contributed by atoms with E-state index in [9.17, 15) is 17.9 Å². The molecule has 32 heavy (non-hydrogen) atoms. The summed E-state index contributed by atoms with van der Waals surface area (Å²) in [5.74, 6) is -0.577. The van der Waals surface area contributed by atoms with Gasteiger partial charge in [-0.1, -0.05) is 11.6 Å². The molecule has 172 valence electrons. The number of aryl methyl sites for hydroxylation is 1. The average Bonchev–Trinajstić information content (AvgIpc) is 3.42. The highest BCUT2D eigenvalue weighted by Gasteiger charge is 2.41. The molecule has 2 aromatic heterocycles. The lowest BCUT2D eigenvalue weighted by molar-refractivity contribution is 0.102. The number of nitrogens with one attached hydrogen (secondary N) is 2. The molecular formula is C20H23ClFN5O3S2. The first kappa shape index (κ1) is 23.1. The van der Waals surface area contributed by atoms with Gasteiger partial charge in [-0.2, -0.15) is 22.5 Å². The van der Waals surface area contributed by atoms with E-state index in [1.54, 1.807) is 6.20 Å². The summed E-state index contributed by atoms with van der Waals surface area (Å²) in [6.07, 6.45) is 2.82. The number of rotatable bonds is 6. The zero-order chi connectivity index (χ0) is 23.0. The molecule has 8 nitrogen and oxygen atoms in total. The SMILES string of the molecule is CCn1cc(-c2ccc([C@@H]3C[C@H](C(O)Nc4ccc(F)c(Cl)c4)N(C)S(=O)(=O)N3)s2)cn1. The summed E-state index contributed by atoms with van der Waals surface area (Å²) in [5, 5.41) is 17.8. The zero-order valence-corrected chi connectivity index (χ0v) is 19.8. The van der Waals surface area contributed by atoms with Crippen molar-refractivity contribution in [3.05, 3.63) is 58.4 Å². The van der Waals surface area contributed by atoms with Gasteiger partial charge in [-0.15, -0.1) is 11.3 Å². The third-order valence-electron chi connectivity index (χ3n) is 5.43. The van der Waals surface area contributed by atoms with E-state index < -0.39 is 34.3 Å². The maximum absolute atomic E-state index is 13.4. The van der Waals surface area contributed by atoms with Gasteiger partial charge in [0.25, 0.3) is 10.2 Å². The van der Waals surface area contributed by atoms with Gasteiger partial charge in [0, 0.05) is 40.8 Å². The van der Waals surface area contributed by atoms with Crippen LogP contribution in [0.4, 0.5) is 10.1 Å². The first-order chi connectivity index (χ1) is 15.2. The summed E-state index contributed by atoms with van der Waals surface area (Å²) in [4.78, 5) is 1.82. The molecule has 1 aliphatic heterocycles. The fourth-order valence-corrected chi connectivity index (χ4v) is 6.20. The summed E-state index contributed by atoms with van der Waals surface area (Å²) in [7, 11) is -2.42. The number of aliphatic hydroxyl groups is 1. The summed E-state index contributed by atoms with van der Waals surface area (Å²) in [5.41, 5.74) is 1.35. The summed E-state index contributed by atoms with van der Waals surface area (Å²) in [6.45, 7) is 2.77. The highest BCUT2D eigenvalue weighted by molar-refractivity contribution is 7.87. The quantitative estimate of drug-likeness (QED) is 0.451. The van der Waals surface area contributed by atoms with Gasteiger partial charge in [0.15, 0.2) is 0 Å². The minimum absolute atomic E-state index is 0.0936. The number of aliphatic hydroxyl groups excluding tert-OH is 1. The monoisotopic (exact) mass is 499 g/mol. The largest absolute Gasteiger partial charge is 0.372 e. The average molecular weight is 500 g/mol. The molecule has 4 rings (SSSR count). The van der Waals surface area contributed by atoms with E-state index in [1.807, 2.05) is 29.9 Å². The Balaban J connectivity index is 1.55. The molecule has 3 heterocycles. The molecule has 3 N–H and O–H groups in total. The Kier molecular flexibility index (Phi) is 6.57. The molecule has 0 spiro atoms. The minimum Gasteiger partial charge on any atom is -0.372 e. The van der Waals surface area contributed by atoms with Gasteiger partial charge in [-0.25, -0.2) is 4.39 Å². The van der Waals surface area contributed by atoms with Crippen molar-refractivity contribution in [2.24, 2.45) is 0 Å². The second kappa shape index (κ2) is 9.08. The van der Waals surface area contributed by atoms with E-state index in [4.69, 9.17) is 11.6 Å². The van der Waals surface area contributed by atoms with Crippen molar-refractivity contribution in [1.82, 2.24) is 18.8 Å². The van der Waals surface area contributed by atoms with Gasteiger partial charge < -0.3 is 10.4 Å². The maximum atomic E-state index is 13.4. The van der Waals surface area contributed by atoms with Crippen LogP contribution in [0.25, 0.3) is 10.4 Å². The molecule has 1 fully saturated rings. The van der Waals surface area contributed by atoms with Crippen LogP contribution in [0.3, 0.4) is 0 Å². The van der Waals surface area contributed by atoms with Crippen LogP contribution in [0, 0.1) is 5.82 Å². The Morgan fingerprint density at radius 1 is 1.41 bits per heavy atom. The van der Waals surface area contributed by atoms with E-state index in [-0.39, 0.29) is 5.02 Å². The van der Waals surface area contributed by atoms with Crippen LogP contribution in [-0.2, 0) is 16.8 Å². The standard InChI is InChI=1S/C20H23ClFN5O3S2/c1-3-27-11-12(10-23-27)18-6-7-19(31-18)16-9-17(26(2)32(29,30)25-16)20(28)24-13-4-5-15(22)14(21)8-13/h4-8,10-11,16-17,20,24-25,28H,3,9H2,1-2H3/t16-,17+,20?/m0/s1. The van der Waals surface area contributed by atoms with Crippen molar-refractivity contribution in [3.8, 4) is 10.4 Å². The number of anilines is 1. The van der Waals surface area contributed by atoms with Crippen molar-refractivity contribution in [2.45, 2.75) is 38.2 Å². The van der Waals surface area contributed by atoms with Gasteiger partial charge in [-0.05, 0) is 43.7 Å². The van der Waals surface area contributed by atoms with E-state index in [1.165, 1.54) is 36.6 Å². The van der Waals surface area contributed by atoms with Crippen molar-refractivity contribution < 1.29 is 17.9 Å². The molecule has 3 aromatic rings. The third kappa shape index (κ3) is 4.68. The van der Waals surface area contributed by atoms with Crippen LogP contribution in [0.15, 0.2) is 42.7 Å². The van der Waals surface area contributed by atoms with E-state index >= 15 is 0 Å². The van der Waals surface area contributed by atoms with Gasteiger partial charge in [-0.3, -0.25) is 4.68 Å². The lowest BCUT2D eigenvalue weighted by Crippen LogP contribution is -2.57. The topological polar surface area (TPSA) is 99.5 Å². The van der Waals surface area contributed by atoms with Gasteiger partial charge in [0.2, 0.25) is 0 Å². The first-order valence-corrected chi connectivity index (χ1v) is 12.6. The number of benzene rings is 1. The number of hydrogen-bond donors (Lipinski definition) is 3. The molecule has 12 heteroatoms. The Bertz CT molecular complexity index is 1220. The molecule has 1 aromatic carbocycles. The Morgan fingerprint density at radius 3 is 2.88 bits per heavy atom. The number of likely N-dealkylation sites (N-methyl/N-ethyl adjacent to an activating group) is 1. The number of nitrogens with zero attached hydrogens (tertiary/aromatic N) is 3. The molecule has 0 saturated carbocycles. The van der Waals surface area contributed by atoms with E-state index in [2.05, 4.69) is 15.1 Å². The minimum atomic E-state index is -3.83. The number of halogens is 2. The molecule has 0 bridgehead atoms. The van der Waals surface area contributed by atoms with Crippen LogP contribution in [0.5, 0.6) is 0 Å². The van der Waals surface area contributed by atoms with E-state index in [0.717, 1.165) is 26.2 Å². The zero-order valence-electron chi connectivity index (χ0n) is 17.4. The van der Waals surface area contributed by atoms with Crippen molar-refractivity contribution in [2.75, 3.05) is 12.4 Å². The lowest BCUT2D eigenvalue weighted by Gasteiger charge is -2.39. The smallest absolute Gasteiger partial charge is 0.280 e. The first-order valence-electron chi connectivity index (χ1n) is 9.95. The lowest BCUT2D eigenvalue weighted by atomic mass is 10.0. The summed E-state index contributed by atoms with van der Waals surface area (Å²) in [6, 6.07) is 6.51. The van der Waals surface area contributed by atoms with Crippen LogP contribution in [0.1, 0.15) is 24.3 Å². The van der Waals surface area contributed by atoms with Crippen molar-refractivity contribution in [3.63, 3.8) is 0 Å². The van der Waals surface area contributed by atoms with E-state index in [0.29, 0.717) is 12.1 Å². The normalized spacial score (nSPS) is 22.0. The molecule has 1 saturated heterocycles. The fraction of sp³-hybridized carbons (Fsp3) is 0.350. The van der Waals surface area contributed by atoms with Crippen LogP contribution in [-0.4, -0.2) is 46.9 Å². The highest BCUT2D eigenvalue weighted by atomic mass is 35.5. The van der Waals surface area contributed by atoms with Gasteiger partial charge >= 0.3 is 0 Å². The summed E-state index contributed by atoms with van der Waals surface area (Å²) < 4.78 is 44.5. The molecule has 0 amide bonds. The molecule has 1 aliphatic rings. The van der Waals surface area contributed by atoms with Crippen molar-refractivity contribution in [1.29, 1.82) is 0 Å². The predicted molar refractivity (Wildman–Crippen MR) is 123 cm³/mol. The number of aromatic nitrogens is 2. The molecule has 0 radical (unpaired) electrons.